The maximum absolute atomic E-state index is 15.2. The molecule has 2 aromatic heterocycles. The van der Waals surface area contributed by atoms with Gasteiger partial charge in [-0.25, -0.2) is 18.7 Å². The quantitative estimate of drug-likeness (QED) is 0.320. The first-order valence-corrected chi connectivity index (χ1v) is 11.4. The summed E-state index contributed by atoms with van der Waals surface area (Å²) in [5.41, 5.74) is 2.69. The van der Waals surface area contributed by atoms with Gasteiger partial charge in [-0.1, -0.05) is 30.3 Å². The number of ketones is 1. The summed E-state index contributed by atoms with van der Waals surface area (Å²) >= 11 is 0. The molecule has 1 N–H and O–H groups in total. The predicted octanol–water partition coefficient (Wildman–Crippen LogP) is 4.90. The van der Waals surface area contributed by atoms with Crippen LogP contribution in [0.1, 0.15) is 21.6 Å². The molecule has 0 radical (unpaired) electrons. The van der Waals surface area contributed by atoms with E-state index < -0.39 is 17.4 Å². The Kier molecular flexibility index (Phi) is 6.45. The van der Waals surface area contributed by atoms with E-state index in [1.165, 1.54) is 42.3 Å². The van der Waals surface area contributed by atoms with Crippen molar-refractivity contribution in [2.45, 2.75) is 13.0 Å². The minimum Gasteiger partial charge on any atom is -0.496 e. The predicted molar refractivity (Wildman–Crippen MR) is 134 cm³/mol. The number of benzene rings is 3. The summed E-state index contributed by atoms with van der Waals surface area (Å²) < 4.78 is 36.5. The highest BCUT2D eigenvalue weighted by Gasteiger charge is 2.22. The van der Waals surface area contributed by atoms with Crippen LogP contribution in [0, 0.1) is 11.6 Å². The van der Waals surface area contributed by atoms with Crippen LogP contribution in [0.5, 0.6) is 5.75 Å². The van der Waals surface area contributed by atoms with Crippen LogP contribution in [0.2, 0.25) is 0 Å². The topological polar surface area (TPSA) is 90.1 Å². The van der Waals surface area contributed by atoms with Crippen molar-refractivity contribution in [1.29, 1.82) is 0 Å². The molecule has 2 heterocycles. The van der Waals surface area contributed by atoms with Gasteiger partial charge in [0.1, 0.15) is 28.6 Å². The number of aliphatic hydroxyl groups excluding tert-OH is 1. The summed E-state index contributed by atoms with van der Waals surface area (Å²) in [7, 11) is 3.04. The van der Waals surface area contributed by atoms with E-state index in [0.29, 0.717) is 27.6 Å². The van der Waals surface area contributed by atoms with Gasteiger partial charge in [0, 0.05) is 25.1 Å². The third-order valence-electron chi connectivity index (χ3n) is 6.22. The molecule has 0 saturated carbocycles. The number of aryl methyl sites for hydroxylation is 1. The molecule has 0 bridgehead atoms. The number of aliphatic hydroxyl groups is 1. The molecule has 37 heavy (non-hydrogen) atoms. The maximum atomic E-state index is 15.2. The second kappa shape index (κ2) is 9.87. The van der Waals surface area contributed by atoms with Crippen LogP contribution in [0.25, 0.3) is 33.4 Å². The van der Waals surface area contributed by atoms with Gasteiger partial charge >= 0.3 is 0 Å². The van der Waals surface area contributed by atoms with Gasteiger partial charge < -0.3 is 9.84 Å². The van der Waals surface area contributed by atoms with Crippen LogP contribution in [-0.2, 0) is 20.1 Å². The van der Waals surface area contributed by atoms with Crippen LogP contribution in [0.3, 0.4) is 0 Å². The largest absolute Gasteiger partial charge is 0.496 e. The van der Waals surface area contributed by atoms with Crippen LogP contribution >= 0.6 is 0 Å². The number of methoxy groups -OCH3 is 1. The van der Waals surface area contributed by atoms with Gasteiger partial charge in [-0.05, 0) is 46.5 Å². The Labute approximate surface area is 211 Å². The number of aromatic nitrogens is 4. The standard InChI is InChI=1S/C28H22F2N4O3/c1-34-27-19(14-32-34)25(18-7-4-3-6-16(18)15-35)17(12-21(27)30)13-23(36)22-10-11-31-28(33-22)26-20(29)8-5-9-24(26)37-2/h3-12,14,35H,13,15H2,1-2H3. The van der Waals surface area contributed by atoms with Gasteiger partial charge in [0.25, 0.3) is 0 Å². The zero-order valence-electron chi connectivity index (χ0n) is 20.1. The van der Waals surface area contributed by atoms with E-state index in [-0.39, 0.29) is 41.4 Å². The maximum Gasteiger partial charge on any atom is 0.185 e. The third-order valence-corrected chi connectivity index (χ3v) is 6.22. The Bertz CT molecular complexity index is 1650. The lowest BCUT2D eigenvalue weighted by molar-refractivity contribution is 0.0988. The van der Waals surface area contributed by atoms with E-state index in [4.69, 9.17) is 4.74 Å². The molecule has 5 rings (SSSR count). The summed E-state index contributed by atoms with van der Waals surface area (Å²) in [5.74, 6) is -1.29. The fraction of sp³-hybridized carbons (Fsp3) is 0.143. The number of carbonyl (C=O) groups excluding carboxylic acids is 1. The van der Waals surface area contributed by atoms with Crippen molar-refractivity contribution in [2.75, 3.05) is 7.11 Å². The van der Waals surface area contributed by atoms with E-state index in [1.807, 2.05) is 12.1 Å². The van der Waals surface area contributed by atoms with E-state index in [2.05, 4.69) is 15.1 Å². The Morgan fingerprint density at radius 3 is 2.62 bits per heavy atom. The number of hydrogen-bond donors (Lipinski definition) is 1. The molecule has 0 amide bonds. The normalized spacial score (nSPS) is 11.2. The van der Waals surface area contributed by atoms with E-state index in [1.54, 1.807) is 31.4 Å². The molecular formula is C28H22F2N4O3. The number of ether oxygens (including phenoxy) is 1. The van der Waals surface area contributed by atoms with Crippen LogP contribution in [0.4, 0.5) is 8.78 Å². The highest BCUT2D eigenvalue weighted by atomic mass is 19.1. The minimum absolute atomic E-state index is 0.000502. The number of halogens is 2. The Balaban J connectivity index is 1.62. The monoisotopic (exact) mass is 500 g/mol. The number of rotatable bonds is 7. The van der Waals surface area contributed by atoms with Crippen molar-refractivity contribution in [3.63, 3.8) is 0 Å². The zero-order valence-corrected chi connectivity index (χ0v) is 20.1. The van der Waals surface area contributed by atoms with Crippen molar-refractivity contribution in [1.82, 2.24) is 19.7 Å². The van der Waals surface area contributed by atoms with Gasteiger partial charge in [0.2, 0.25) is 0 Å². The molecule has 0 aliphatic carbocycles. The van der Waals surface area contributed by atoms with Gasteiger partial charge in [-0.2, -0.15) is 5.10 Å². The first-order valence-electron chi connectivity index (χ1n) is 11.4. The van der Waals surface area contributed by atoms with Crippen molar-refractivity contribution in [2.24, 2.45) is 7.05 Å². The first-order chi connectivity index (χ1) is 17.9. The molecule has 0 aliphatic heterocycles. The molecule has 0 spiro atoms. The zero-order chi connectivity index (χ0) is 26.1. The summed E-state index contributed by atoms with van der Waals surface area (Å²) in [5, 5.41) is 14.7. The lowest BCUT2D eigenvalue weighted by Gasteiger charge is -2.15. The molecule has 0 fully saturated rings. The highest BCUT2D eigenvalue weighted by Crippen LogP contribution is 2.36. The van der Waals surface area contributed by atoms with Crippen molar-refractivity contribution >= 4 is 16.7 Å². The van der Waals surface area contributed by atoms with E-state index in [0.717, 1.165) is 0 Å². The SMILES string of the molecule is COc1cccc(F)c1-c1nccc(C(=O)Cc2cc(F)c3c(cnn3C)c2-c2ccccc2CO)n1. The fourth-order valence-electron chi connectivity index (χ4n) is 4.52. The Morgan fingerprint density at radius 1 is 1.03 bits per heavy atom. The lowest BCUT2D eigenvalue weighted by Crippen LogP contribution is -2.10. The lowest BCUT2D eigenvalue weighted by atomic mass is 9.90. The smallest absolute Gasteiger partial charge is 0.185 e. The van der Waals surface area contributed by atoms with E-state index in [9.17, 15) is 14.3 Å². The third kappa shape index (κ3) is 4.34. The number of fused-ring (bicyclic) bond motifs is 1. The summed E-state index contributed by atoms with van der Waals surface area (Å²) in [6, 6.07) is 14.3. The van der Waals surface area contributed by atoms with Crippen LogP contribution in [0.15, 0.2) is 67.0 Å². The Morgan fingerprint density at radius 2 is 1.84 bits per heavy atom. The number of hydrogen-bond acceptors (Lipinski definition) is 6. The van der Waals surface area contributed by atoms with Gasteiger partial charge in [0.15, 0.2) is 11.6 Å². The average Bonchev–Trinajstić information content (AvgIpc) is 3.30. The van der Waals surface area contributed by atoms with Crippen molar-refractivity contribution < 1.29 is 23.4 Å². The highest BCUT2D eigenvalue weighted by molar-refractivity contribution is 6.02. The Hall–Kier alpha value is -4.50. The number of nitrogens with zero attached hydrogens (tertiary/aromatic N) is 4. The molecule has 186 valence electrons. The van der Waals surface area contributed by atoms with Crippen LogP contribution < -0.4 is 4.74 Å². The second-order valence-corrected chi connectivity index (χ2v) is 8.42. The molecule has 5 aromatic rings. The molecule has 9 heteroatoms. The molecule has 3 aromatic carbocycles. The van der Waals surface area contributed by atoms with E-state index >= 15 is 4.39 Å². The molecular weight excluding hydrogens is 478 g/mol. The second-order valence-electron chi connectivity index (χ2n) is 8.42. The molecule has 0 saturated heterocycles. The van der Waals surface area contributed by atoms with Gasteiger partial charge in [-0.15, -0.1) is 0 Å². The number of Topliss-reactive ketones (excluding diaryl/α,β-unsaturated/α-hetero) is 1. The van der Waals surface area contributed by atoms with Crippen molar-refractivity contribution in [3.8, 4) is 28.3 Å². The first kappa shape index (κ1) is 24.2. The summed E-state index contributed by atoms with van der Waals surface area (Å²) in [6.45, 7) is -0.234. The van der Waals surface area contributed by atoms with Gasteiger partial charge in [0.05, 0.1) is 25.5 Å². The summed E-state index contributed by atoms with van der Waals surface area (Å²) in [4.78, 5) is 21.9. The summed E-state index contributed by atoms with van der Waals surface area (Å²) in [6.07, 6.45) is 2.72. The number of carbonyl (C=O) groups is 1. The van der Waals surface area contributed by atoms with Gasteiger partial charge in [-0.3, -0.25) is 9.48 Å². The molecule has 0 atom stereocenters. The molecule has 0 aliphatic rings. The minimum atomic E-state index is -0.587. The molecule has 7 nitrogen and oxygen atoms in total. The fourth-order valence-corrected chi connectivity index (χ4v) is 4.52. The molecule has 0 unspecified atom stereocenters. The van der Waals surface area contributed by atoms with Crippen molar-refractivity contribution in [3.05, 3.63) is 95.4 Å². The average molecular weight is 501 g/mol. The van der Waals surface area contributed by atoms with Crippen LogP contribution in [-0.4, -0.2) is 37.7 Å².